The molecule has 118 valence electrons. The average molecular weight is 320 g/mol. The molecule has 0 aliphatic heterocycles. The number of rotatable bonds is 7. The van der Waals surface area contributed by atoms with E-state index in [0.717, 1.165) is 29.2 Å². The summed E-state index contributed by atoms with van der Waals surface area (Å²) >= 11 is 6.14. The predicted molar refractivity (Wildman–Crippen MR) is 90.8 cm³/mol. The number of hydrogen-bond acceptors (Lipinski definition) is 3. The molecule has 1 N–H and O–H groups in total. The Morgan fingerprint density at radius 1 is 1.09 bits per heavy atom. The van der Waals surface area contributed by atoms with E-state index in [1.807, 2.05) is 42.5 Å². The van der Waals surface area contributed by atoms with Crippen molar-refractivity contribution in [2.24, 2.45) is 0 Å². The molecule has 0 fully saturated rings. The van der Waals surface area contributed by atoms with E-state index in [1.165, 1.54) is 0 Å². The van der Waals surface area contributed by atoms with E-state index in [-0.39, 0.29) is 0 Å². The Bertz CT molecular complexity index is 614. The molecule has 0 amide bonds. The first-order chi connectivity index (χ1) is 10.6. The van der Waals surface area contributed by atoms with Crippen LogP contribution in [0, 0.1) is 0 Å². The maximum atomic E-state index is 6.14. The van der Waals surface area contributed by atoms with Crippen molar-refractivity contribution >= 4 is 11.6 Å². The van der Waals surface area contributed by atoms with Crippen molar-refractivity contribution in [3.63, 3.8) is 0 Å². The van der Waals surface area contributed by atoms with E-state index in [0.29, 0.717) is 17.7 Å². The van der Waals surface area contributed by atoms with Gasteiger partial charge in [0.1, 0.15) is 6.61 Å². The summed E-state index contributed by atoms with van der Waals surface area (Å²) < 4.78 is 11.3. The number of benzene rings is 2. The minimum Gasteiger partial charge on any atom is -0.493 e. The van der Waals surface area contributed by atoms with Gasteiger partial charge >= 0.3 is 0 Å². The summed E-state index contributed by atoms with van der Waals surface area (Å²) in [5.74, 6) is 1.45. The van der Waals surface area contributed by atoms with Crippen molar-refractivity contribution in [1.29, 1.82) is 0 Å². The molecular formula is C18H22ClNO2. The van der Waals surface area contributed by atoms with Crippen molar-refractivity contribution < 1.29 is 9.47 Å². The molecule has 22 heavy (non-hydrogen) atoms. The van der Waals surface area contributed by atoms with Crippen molar-refractivity contribution in [3.05, 3.63) is 58.6 Å². The van der Waals surface area contributed by atoms with Crippen LogP contribution in [0.15, 0.2) is 42.5 Å². The van der Waals surface area contributed by atoms with Crippen LogP contribution < -0.4 is 14.8 Å². The SMILES string of the molecule is COc1cc(CNC(C)C)ccc1OCc1ccccc1Cl. The van der Waals surface area contributed by atoms with Crippen LogP contribution in [0.2, 0.25) is 5.02 Å². The van der Waals surface area contributed by atoms with Gasteiger partial charge in [-0.1, -0.05) is 49.7 Å². The topological polar surface area (TPSA) is 30.5 Å². The van der Waals surface area contributed by atoms with Gasteiger partial charge in [-0.2, -0.15) is 0 Å². The van der Waals surface area contributed by atoms with E-state index in [9.17, 15) is 0 Å². The molecule has 3 nitrogen and oxygen atoms in total. The summed E-state index contributed by atoms with van der Waals surface area (Å²) in [7, 11) is 1.65. The zero-order valence-corrected chi connectivity index (χ0v) is 14.0. The zero-order chi connectivity index (χ0) is 15.9. The summed E-state index contributed by atoms with van der Waals surface area (Å²) in [5.41, 5.74) is 2.12. The molecule has 0 atom stereocenters. The van der Waals surface area contributed by atoms with Crippen LogP contribution in [0.1, 0.15) is 25.0 Å². The Balaban J connectivity index is 2.06. The molecule has 2 rings (SSSR count). The van der Waals surface area contributed by atoms with Gasteiger partial charge in [-0.15, -0.1) is 0 Å². The number of ether oxygens (including phenoxy) is 2. The summed E-state index contributed by atoms with van der Waals surface area (Å²) in [6.07, 6.45) is 0. The molecule has 0 radical (unpaired) electrons. The van der Waals surface area contributed by atoms with E-state index in [4.69, 9.17) is 21.1 Å². The molecule has 0 aliphatic rings. The molecule has 0 aliphatic carbocycles. The van der Waals surface area contributed by atoms with Gasteiger partial charge in [0.05, 0.1) is 7.11 Å². The second kappa shape index (κ2) is 8.06. The summed E-state index contributed by atoms with van der Waals surface area (Å²) in [6.45, 7) is 5.47. The predicted octanol–water partition coefficient (Wildman–Crippen LogP) is 4.43. The minimum absolute atomic E-state index is 0.416. The summed E-state index contributed by atoms with van der Waals surface area (Å²) in [6, 6.07) is 14.1. The monoisotopic (exact) mass is 319 g/mol. The third-order valence-corrected chi connectivity index (χ3v) is 3.65. The fraction of sp³-hybridized carbons (Fsp3) is 0.333. The van der Waals surface area contributed by atoms with Crippen LogP contribution in [0.25, 0.3) is 0 Å². The number of nitrogens with one attached hydrogen (secondary N) is 1. The lowest BCUT2D eigenvalue weighted by molar-refractivity contribution is 0.284. The van der Waals surface area contributed by atoms with E-state index in [2.05, 4.69) is 19.2 Å². The molecule has 4 heteroatoms. The van der Waals surface area contributed by atoms with Crippen LogP contribution in [0.5, 0.6) is 11.5 Å². The molecule has 0 aromatic heterocycles. The van der Waals surface area contributed by atoms with E-state index >= 15 is 0 Å². The molecule has 0 heterocycles. The Labute approximate surface area is 137 Å². The van der Waals surface area contributed by atoms with E-state index in [1.54, 1.807) is 7.11 Å². The molecule has 2 aromatic carbocycles. The largest absolute Gasteiger partial charge is 0.493 e. The highest BCUT2D eigenvalue weighted by Crippen LogP contribution is 2.29. The Kier molecular flexibility index (Phi) is 6.10. The highest BCUT2D eigenvalue weighted by atomic mass is 35.5. The Morgan fingerprint density at radius 3 is 2.55 bits per heavy atom. The van der Waals surface area contributed by atoms with Crippen molar-refractivity contribution in [2.45, 2.75) is 33.0 Å². The number of methoxy groups -OCH3 is 1. The summed E-state index contributed by atoms with van der Waals surface area (Å²) in [4.78, 5) is 0. The molecule has 0 saturated carbocycles. The van der Waals surface area contributed by atoms with Gasteiger partial charge < -0.3 is 14.8 Å². The first-order valence-electron chi connectivity index (χ1n) is 7.36. The van der Waals surface area contributed by atoms with Crippen molar-refractivity contribution in [2.75, 3.05) is 7.11 Å². The van der Waals surface area contributed by atoms with Crippen LogP contribution in [0.3, 0.4) is 0 Å². The Morgan fingerprint density at radius 2 is 1.86 bits per heavy atom. The van der Waals surface area contributed by atoms with Gasteiger partial charge in [0.15, 0.2) is 11.5 Å². The number of hydrogen-bond donors (Lipinski definition) is 1. The highest BCUT2D eigenvalue weighted by Gasteiger charge is 2.08. The first kappa shape index (κ1) is 16.7. The van der Waals surface area contributed by atoms with Crippen molar-refractivity contribution in [3.8, 4) is 11.5 Å². The van der Waals surface area contributed by atoms with Crippen LogP contribution >= 0.6 is 11.6 Å². The molecular weight excluding hydrogens is 298 g/mol. The average Bonchev–Trinajstić information content (AvgIpc) is 2.52. The lowest BCUT2D eigenvalue weighted by atomic mass is 10.2. The second-order valence-corrected chi connectivity index (χ2v) is 5.81. The lowest BCUT2D eigenvalue weighted by Gasteiger charge is -2.14. The standard InChI is InChI=1S/C18H22ClNO2/c1-13(2)20-11-14-8-9-17(18(10-14)21-3)22-12-15-6-4-5-7-16(15)19/h4-10,13,20H,11-12H2,1-3H3. The molecule has 2 aromatic rings. The third-order valence-electron chi connectivity index (χ3n) is 3.28. The zero-order valence-electron chi connectivity index (χ0n) is 13.2. The molecule has 0 saturated heterocycles. The smallest absolute Gasteiger partial charge is 0.161 e. The normalized spacial score (nSPS) is 10.8. The highest BCUT2D eigenvalue weighted by molar-refractivity contribution is 6.31. The minimum atomic E-state index is 0.416. The van der Waals surface area contributed by atoms with Crippen LogP contribution in [-0.4, -0.2) is 13.2 Å². The Hall–Kier alpha value is -1.71. The maximum absolute atomic E-state index is 6.14. The van der Waals surface area contributed by atoms with E-state index < -0.39 is 0 Å². The van der Waals surface area contributed by atoms with Gasteiger partial charge in [-0.3, -0.25) is 0 Å². The summed E-state index contributed by atoms with van der Waals surface area (Å²) in [5, 5.41) is 4.09. The third kappa shape index (κ3) is 4.65. The molecule has 0 bridgehead atoms. The fourth-order valence-corrected chi connectivity index (χ4v) is 2.22. The van der Waals surface area contributed by atoms with Gasteiger partial charge in [-0.05, 0) is 23.8 Å². The molecule has 0 spiro atoms. The van der Waals surface area contributed by atoms with Crippen LogP contribution in [-0.2, 0) is 13.2 Å². The van der Waals surface area contributed by atoms with Gasteiger partial charge in [0, 0.05) is 23.2 Å². The fourth-order valence-electron chi connectivity index (χ4n) is 2.03. The van der Waals surface area contributed by atoms with Crippen LogP contribution in [0.4, 0.5) is 0 Å². The van der Waals surface area contributed by atoms with Gasteiger partial charge in [0.2, 0.25) is 0 Å². The quantitative estimate of drug-likeness (QED) is 0.819. The van der Waals surface area contributed by atoms with Crippen molar-refractivity contribution in [1.82, 2.24) is 5.32 Å². The molecule has 0 unspecified atom stereocenters. The first-order valence-corrected chi connectivity index (χ1v) is 7.74. The van der Waals surface area contributed by atoms with Gasteiger partial charge in [-0.25, -0.2) is 0 Å². The second-order valence-electron chi connectivity index (χ2n) is 5.40. The maximum Gasteiger partial charge on any atom is 0.161 e. The lowest BCUT2D eigenvalue weighted by Crippen LogP contribution is -2.21. The van der Waals surface area contributed by atoms with Gasteiger partial charge in [0.25, 0.3) is 0 Å². The number of halogens is 1.